The molecule has 0 fully saturated rings. The van der Waals surface area contributed by atoms with Crippen molar-refractivity contribution < 1.29 is 27.8 Å². The number of rotatable bonds is 10. The fraction of sp³-hybridized carbons (Fsp3) is 0.333. The lowest BCUT2D eigenvalue weighted by Gasteiger charge is -2.12. The van der Waals surface area contributed by atoms with Crippen LogP contribution in [-0.4, -0.2) is 39.9 Å². The predicted molar refractivity (Wildman–Crippen MR) is 111 cm³/mol. The number of halogens is 2. The third-order valence-electron chi connectivity index (χ3n) is 4.56. The van der Waals surface area contributed by atoms with Gasteiger partial charge >= 0.3 is 5.97 Å². The molecule has 0 amide bonds. The lowest BCUT2D eigenvalue weighted by Crippen LogP contribution is -2.06. The van der Waals surface area contributed by atoms with Gasteiger partial charge in [-0.15, -0.1) is 0 Å². The number of hydrogen-bond donors (Lipinski definition) is 1. The third kappa shape index (κ3) is 5.68. The molecule has 3 aromatic rings. The van der Waals surface area contributed by atoms with E-state index in [2.05, 4.69) is 25.1 Å². The van der Waals surface area contributed by atoms with Gasteiger partial charge in [0.05, 0.1) is 44.1 Å². The van der Waals surface area contributed by atoms with Crippen molar-refractivity contribution in [3.05, 3.63) is 53.6 Å². The Morgan fingerprint density at radius 1 is 1.16 bits per heavy atom. The number of aryl methyl sites for hydroxylation is 2. The zero-order valence-corrected chi connectivity index (χ0v) is 17.9. The minimum absolute atomic E-state index is 0.0517. The van der Waals surface area contributed by atoms with E-state index in [0.717, 1.165) is 0 Å². The molecule has 0 atom stereocenters. The molecule has 0 aliphatic rings. The summed E-state index contributed by atoms with van der Waals surface area (Å²) in [6, 6.07) is 1.29. The SMILES string of the molecule is COC(=O)CCCn1cc(Nc2ncc(OCc3c(F)c(C)cc(OC)c3F)cn2)cn1. The molecule has 2 heterocycles. The predicted octanol–water partition coefficient (Wildman–Crippen LogP) is 3.54. The maximum absolute atomic E-state index is 14.3. The number of ether oxygens (including phenoxy) is 3. The van der Waals surface area contributed by atoms with Gasteiger partial charge in [-0.25, -0.2) is 18.7 Å². The summed E-state index contributed by atoms with van der Waals surface area (Å²) in [5, 5.41) is 7.18. The average molecular weight is 447 g/mol. The lowest BCUT2D eigenvalue weighted by molar-refractivity contribution is -0.140. The molecular weight excluding hydrogens is 424 g/mol. The number of benzene rings is 1. The molecule has 0 saturated carbocycles. The molecule has 0 aliphatic carbocycles. The van der Waals surface area contributed by atoms with Crippen LogP contribution in [0.4, 0.5) is 20.4 Å². The van der Waals surface area contributed by atoms with E-state index in [1.807, 2.05) is 0 Å². The van der Waals surface area contributed by atoms with Crippen molar-refractivity contribution in [2.24, 2.45) is 0 Å². The minimum Gasteiger partial charge on any atom is -0.494 e. The monoisotopic (exact) mass is 447 g/mol. The summed E-state index contributed by atoms with van der Waals surface area (Å²) in [7, 11) is 2.66. The number of carbonyl (C=O) groups excluding carboxylic acids is 1. The Balaban J connectivity index is 1.56. The number of nitrogens with one attached hydrogen (secondary N) is 1. The largest absolute Gasteiger partial charge is 0.494 e. The normalized spacial score (nSPS) is 10.7. The first-order valence-electron chi connectivity index (χ1n) is 9.74. The molecule has 0 spiro atoms. The first-order chi connectivity index (χ1) is 15.4. The van der Waals surface area contributed by atoms with Gasteiger partial charge in [0, 0.05) is 19.2 Å². The van der Waals surface area contributed by atoms with Gasteiger partial charge in [0.25, 0.3) is 0 Å². The quantitative estimate of drug-likeness (QED) is 0.471. The van der Waals surface area contributed by atoms with Crippen molar-refractivity contribution in [3.8, 4) is 11.5 Å². The van der Waals surface area contributed by atoms with Crippen LogP contribution >= 0.6 is 0 Å². The summed E-state index contributed by atoms with van der Waals surface area (Å²) in [6.45, 7) is 1.73. The van der Waals surface area contributed by atoms with E-state index in [1.54, 1.807) is 17.1 Å². The van der Waals surface area contributed by atoms with E-state index in [-0.39, 0.29) is 35.2 Å². The highest BCUT2D eigenvalue weighted by atomic mass is 19.1. The van der Waals surface area contributed by atoms with E-state index in [9.17, 15) is 13.6 Å². The highest BCUT2D eigenvalue weighted by molar-refractivity contribution is 5.68. The minimum atomic E-state index is -0.807. The van der Waals surface area contributed by atoms with E-state index < -0.39 is 11.6 Å². The molecule has 1 aromatic carbocycles. The van der Waals surface area contributed by atoms with Crippen molar-refractivity contribution in [1.29, 1.82) is 0 Å². The number of esters is 1. The summed E-state index contributed by atoms with van der Waals surface area (Å²) in [5.74, 6) is -1.28. The van der Waals surface area contributed by atoms with Crippen LogP contribution in [-0.2, 0) is 22.7 Å². The van der Waals surface area contributed by atoms with Crippen LogP contribution in [0.3, 0.4) is 0 Å². The number of nitrogens with zero attached hydrogens (tertiary/aromatic N) is 4. The molecule has 2 aromatic heterocycles. The van der Waals surface area contributed by atoms with Crippen molar-refractivity contribution in [2.45, 2.75) is 32.9 Å². The van der Waals surface area contributed by atoms with Crippen molar-refractivity contribution in [3.63, 3.8) is 0 Å². The van der Waals surface area contributed by atoms with E-state index in [0.29, 0.717) is 31.0 Å². The van der Waals surface area contributed by atoms with Crippen molar-refractivity contribution >= 4 is 17.6 Å². The van der Waals surface area contributed by atoms with Crippen molar-refractivity contribution in [2.75, 3.05) is 19.5 Å². The smallest absolute Gasteiger partial charge is 0.305 e. The van der Waals surface area contributed by atoms with Crippen LogP contribution in [0.15, 0.2) is 30.9 Å². The third-order valence-corrected chi connectivity index (χ3v) is 4.56. The highest BCUT2D eigenvalue weighted by Crippen LogP contribution is 2.27. The molecule has 0 aliphatic heterocycles. The molecule has 9 nitrogen and oxygen atoms in total. The van der Waals surface area contributed by atoms with Crippen molar-refractivity contribution in [1.82, 2.24) is 19.7 Å². The van der Waals surface area contributed by atoms with Gasteiger partial charge in [-0.3, -0.25) is 9.48 Å². The van der Waals surface area contributed by atoms with Gasteiger partial charge in [0.1, 0.15) is 12.4 Å². The van der Waals surface area contributed by atoms with Crippen LogP contribution in [0.25, 0.3) is 0 Å². The Bertz CT molecular complexity index is 1070. The fourth-order valence-electron chi connectivity index (χ4n) is 2.86. The highest BCUT2D eigenvalue weighted by Gasteiger charge is 2.18. The Labute approximate surface area is 183 Å². The summed E-state index contributed by atoms with van der Waals surface area (Å²) < 4.78 is 45.3. The molecule has 0 radical (unpaired) electrons. The summed E-state index contributed by atoms with van der Waals surface area (Å²) >= 11 is 0. The topological polar surface area (TPSA) is 100 Å². The Kier molecular flexibility index (Phi) is 7.53. The Morgan fingerprint density at radius 3 is 2.59 bits per heavy atom. The second-order valence-corrected chi connectivity index (χ2v) is 6.83. The van der Waals surface area contributed by atoms with Crippen LogP contribution < -0.4 is 14.8 Å². The second-order valence-electron chi connectivity index (χ2n) is 6.83. The van der Waals surface area contributed by atoms with Crippen LogP contribution in [0.1, 0.15) is 24.0 Å². The molecular formula is C21H23F2N5O4. The number of anilines is 2. The molecule has 0 unspecified atom stereocenters. The van der Waals surface area contributed by atoms with Gasteiger partial charge in [0.15, 0.2) is 17.3 Å². The standard InChI is InChI=1S/C21H23F2N5O4/c1-13-7-17(30-2)20(23)16(19(13)22)12-32-15-9-24-21(25-10-15)27-14-8-26-28(11-14)6-4-5-18(29)31-3/h7-11H,4-6,12H2,1-3H3,(H,24,25,27). The maximum atomic E-state index is 14.3. The molecule has 0 bridgehead atoms. The summed E-state index contributed by atoms with van der Waals surface area (Å²) in [5.41, 5.74) is 0.680. The maximum Gasteiger partial charge on any atom is 0.305 e. The van der Waals surface area contributed by atoms with E-state index >= 15 is 0 Å². The molecule has 32 heavy (non-hydrogen) atoms. The zero-order chi connectivity index (χ0) is 23.1. The average Bonchev–Trinajstić information content (AvgIpc) is 3.24. The van der Waals surface area contributed by atoms with Crippen LogP contribution in [0.5, 0.6) is 11.5 Å². The van der Waals surface area contributed by atoms with Gasteiger partial charge in [0.2, 0.25) is 5.95 Å². The molecule has 1 N–H and O–H groups in total. The molecule has 0 saturated heterocycles. The second kappa shape index (κ2) is 10.5. The molecule has 11 heteroatoms. The Morgan fingerprint density at radius 2 is 1.91 bits per heavy atom. The van der Waals surface area contributed by atoms with E-state index in [4.69, 9.17) is 9.47 Å². The van der Waals surface area contributed by atoms with Crippen LogP contribution in [0.2, 0.25) is 0 Å². The lowest BCUT2D eigenvalue weighted by atomic mass is 10.1. The summed E-state index contributed by atoms with van der Waals surface area (Å²) in [4.78, 5) is 19.4. The molecule has 3 rings (SSSR count). The van der Waals surface area contributed by atoms with Gasteiger partial charge < -0.3 is 19.5 Å². The Hall–Kier alpha value is -3.76. The first-order valence-corrected chi connectivity index (χ1v) is 9.74. The van der Waals surface area contributed by atoms with Crippen LogP contribution in [0, 0.1) is 18.6 Å². The summed E-state index contributed by atoms with van der Waals surface area (Å²) in [6.07, 6.45) is 7.04. The number of hydrogen-bond acceptors (Lipinski definition) is 8. The fourth-order valence-corrected chi connectivity index (χ4v) is 2.86. The zero-order valence-electron chi connectivity index (χ0n) is 17.9. The number of methoxy groups -OCH3 is 2. The first kappa shape index (κ1) is 22.9. The number of aromatic nitrogens is 4. The van der Waals surface area contributed by atoms with Gasteiger partial charge in [-0.1, -0.05) is 0 Å². The van der Waals surface area contributed by atoms with E-state index in [1.165, 1.54) is 39.6 Å². The van der Waals surface area contributed by atoms with Gasteiger partial charge in [-0.05, 0) is 25.0 Å². The number of carbonyl (C=O) groups is 1. The van der Waals surface area contributed by atoms with Gasteiger partial charge in [-0.2, -0.15) is 5.10 Å². The molecule has 170 valence electrons.